The Labute approximate surface area is 386 Å². The van der Waals surface area contributed by atoms with Gasteiger partial charge in [-0.15, -0.1) is 0 Å². The van der Waals surface area contributed by atoms with Crippen LogP contribution in [0, 0.1) is 5.92 Å². The summed E-state index contributed by atoms with van der Waals surface area (Å²) in [5.74, 6) is -1.24. The normalized spacial score (nSPS) is 16.0. The van der Waals surface area contributed by atoms with Crippen LogP contribution in [0.25, 0.3) is 0 Å². The quantitative estimate of drug-likeness (QED) is 0.0194. The lowest BCUT2D eigenvalue weighted by Crippen LogP contribution is -2.60. The van der Waals surface area contributed by atoms with E-state index in [0.29, 0.717) is 38.9 Å². The molecule has 10 nitrogen and oxygen atoms in total. The van der Waals surface area contributed by atoms with E-state index in [2.05, 4.69) is 84.7 Å². The van der Waals surface area contributed by atoms with E-state index in [-0.39, 0.29) is 49.4 Å². The molecule has 0 aliphatic carbocycles. The summed E-state index contributed by atoms with van der Waals surface area (Å²) < 4.78 is 35.0. The Kier molecular flexibility index (Phi) is 35.1. The van der Waals surface area contributed by atoms with Gasteiger partial charge in [-0.2, -0.15) is 0 Å². The van der Waals surface area contributed by atoms with Crippen LogP contribution >= 0.6 is 0 Å². The molecule has 1 unspecified atom stereocenters. The highest BCUT2D eigenvalue weighted by Crippen LogP contribution is 2.38. The number of allylic oxidation sites excluding steroid dienone is 4. The number of piperidine rings is 1. The zero-order chi connectivity index (χ0) is 46.4. The van der Waals surface area contributed by atoms with Gasteiger partial charge >= 0.3 is 18.1 Å². The maximum atomic E-state index is 13.1. The largest absolute Gasteiger partial charge is 0.508 e. The number of ether oxygens (including phenoxy) is 6. The number of esters is 2. The monoisotopic (exact) mass is 892 g/mol. The van der Waals surface area contributed by atoms with Crippen molar-refractivity contribution in [3.8, 4) is 0 Å². The standard InChI is InChI=1S/C53H97NO9/c1-9-12-15-18-21-22-23-24-25-26-27-28-29-30-33-36-48(55)60-43-46(45-62-51(57)63-47-41-52(4,5)54(8)53(6,7)42-47)44-61-49(56)37-38-50(58-39-34-31-19-16-13-10-2)59-40-35-32-20-17-14-11-3/h21-22,24-25,46-47,50H,9-20,23,26-45H2,1-8H3. The first kappa shape index (κ1) is 58.6. The van der Waals surface area contributed by atoms with E-state index in [1.54, 1.807) is 0 Å². The molecule has 10 heteroatoms. The summed E-state index contributed by atoms with van der Waals surface area (Å²) in [5, 5.41) is 0. The lowest BCUT2D eigenvalue weighted by molar-refractivity contribution is -0.161. The maximum Gasteiger partial charge on any atom is 0.508 e. The fourth-order valence-electron chi connectivity index (χ4n) is 8.15. The molecule has 0 saturated carbocycles. The van der Waals surface area contributed by atoms with E-state index in [9.17, 15) is 14.4 Å². The Bertz CT molecular complexity index is 1160. The second-order valence-corrected chi connectivity index (χ2v) is 19.4. The van der Waals surface area contributed by atoms with E-state index >= 15 is 0 Å². The number of unbranched alkanes of at least 4 members (excludes halogenated alkanes) is 18. The molecule has 63 heavy (non-hydrogen) atoms. The number of likely N-dealkylation sites (tertiary alicyclic amines) is 1. The maximum absolute atomic E-state index is 13.1. The molecule has 368 valence electrons. The fourth-order valence-corrected chi connectivity index (χ4v) is 8.15. The van der Waals surface area contributed by atoms with E-state index < -0.39 is 24.3 Å². The summed E-state index contributed by atoms with van der Waals surface area (Å²) in [6.45, 7) is 16.3. The van der Waals surface area contributed by atoms with Crippen molar-refractivity contribution in [3.63, 3.8) is 0 Å². The summed E-state index contributed by atoms with van der Waals surface area (Å²) in [5.41, 5.74) is -0.311. The van der Waals surface area contributed by atoms with Crippen LogP contribution in [0.15, 0.2) is 24.3 Å². The number of carbonyl (C=O) groups is 3. The van der Waals surface area contributed by atoms with Gasteiger partial charge in [0.2, 0.25) is 0 Å². The highest BCUT2D eigenvalue weighted by atomic mass is 16.7. The van der Waals surface area contributed by atoms with Gasteiger partial charge in [-0.1, -0.05) is 141 Å². The van der Waals surface area contributed by atoms with Crippen LogP contribution in [0.5, 0.6) is 0 Å². The fraction of sp³-hybridized carbons (Fsp3) is 0.868. The predicted molar refractivity (Wildman–Crippen MR) is 258 cm³/mol. The smallest absolute Gasteiger partial charge is 0.465 e. The topological polar surface area (TPSA) is 110 Å². The van der Waals surface area contributed by atoms with E-state index in [4.69, 9.17) is 28.4 Å². The molecule has 1 aliphatic heterocycles. The minimum absolute atomic E-state index is 0.0285. The Morgan fingerprint density at radius 2 is 0.984 bits per heavy atom. The first-order chi connectivity index (χ1) is 30.3. The van der Waals surface area contributed by atoms with Crippen molar-refractivity contribution in [3.05, 3.63) is 24.3 Å². The number of carbonyl (C=O) groups excluding carboxylic acids is 3. The first-order valence-electron chi connectivity index (χ1n) is 25.8. The lowest BCUT2D eigenvalue weighted by atomic mass is 9.79. The SMILES string of the molecule is CCCCCC=CCC=CCCCCCCCC(=O)OCC(COC(=O)CCC(OCCCCCCCC)OCCCCCCCC)COC(=O)OC1CC(C)(C)N(C)C(C)(C)C1. The summed E-state index contributed by atoms with van der Waals surface area (Å²) in [7, 11) is 2.10. The van der Waals surface area contributed by atoms with Gasteiger partial charge in [-0.3, -0.25) is 14.5 Å². The van der Waals surface area contributed by atoms with Crippen molar-refractivity contribution in [2.45, 2.75) is 252 Å². The molecule has 0 radical (unpaired) electrons. The van der Waals surface area contributed by atoms with Gasteiger partial charge in [-0.25, -0.2) is 4.79 Å². The predicted octanol–water partition coefficient (Wildman–Crippen LogP) is 14.2. The minimum Gasteiger partial charge on any atom is -0.465 e. The van der Waals surface area contributed by atoms with Crippen LogP contribution in [0.1, 0.15) is 228 Å². The molecule has 1 heterocycles. The third kappa shape index (κ3) is 32.0. The Balaban J connectivity index is 2.65. The summed E-state index contributed by atoms with van der Waals surface area (Å²) in [6, 6.07) is 0. The molecule has 1 saturated heterocycles. The highest BCUT2D eigenvalue weighted by molar-refractivity contribution is 5.69. The van der Waals surface area contributed by atoms with Crippen LogP contribution in [0.4, 0.5) is 4.79 Å². The molecule has 0 aromatic heterocycles. The molecule has 1 atom stereocenters. The van der Waals surface area contributed by atoms with Crippen LogP contribution in [-0.4, -0.2) is 86.5 Å². The molecular weight excluding hydrogens is 795 g/mol. The van der Waals surface area contributed by atoms with Crippen molar-refractivity contribution >= 4 is 18.1 Å². The van der Waals surface area contributed by atoms with E-state index in [0.717, 1.165) is 70.6 Å². The van der Waals surface area contributed by atoms with Crippen molar-refractivity contribution < 1.29 is 42.8 Å². The van der Waals surface area contributed by atoms with Gasteiger partial charge in [0.15, 0.2) is 6.29 Å². The third-order valence-electron chi connectivity index (χ3n) is 12.4. The van der Waals surface area contributed by atoms with Crippen LogP contribution in [0.2, 0.25) is 0 Å². The summed E-state index contributed by atoms with van der Waals surface area (Å²) in [4.78, 5) is 41.2. The Morgan fingerprint density at radius 3 is 1.52 bits per heavy atom. The molecule has 0 aromatic carbocycles. The number of nitrogens with zero attached hydrogens (tertiary/aromatic N) is 1. The minimum atomic E-state index is -0.767. The third-order valence-corrected chi connectivity index (χ3v) is 12.4. The number of hydrogen-bond donors (Lipinski definition) is 0. The molecule has 0 amide bonds. The van der Waals surface area contributed by atoms with Crippen molar-refractivity contribution in [1.82, 2.24) is 4.90 Å². The Hall–Kier alpha value is -2.43. The Morgan fingerprint density at radius 1 is 0.556 bits per heavy atom. The van der Waals surface area contributed by atoms with E-state index in [1.165, 1.54) is 77.0 Å². The summed E-state index contributed by atoms with van der Waals surface area (Å²) in [6.07, 6.45) is 36.0. The van der Waals surface area contributed by atoms with Crippen LogP contribution < -0.4 is 0 Å². The molecule has 0 bridgehead atoms. The van der Waals surface area contributed by atoms with Gasteiger partial charge in [-0.05, 0) is 86.1 Å². The van der Waals surface area contributed by atoms with Crippen LogP contribution in [0.3, 0.4) is 0 Å². The average Bonchev–Trinajstić information content (AvgIpc) is 3.24. The first-order valence-corrected chi connectivity index (χ1v) is 25.8. The van der Waals surface area contributed by atoms with Gasteiger partial charge in [0.1, 0.15) is 25.9 Å². The molecule has 0 spiro atoms. The number of hydrogen-bond acceptors (Lipinski definition) is 10. The highest BCUT2D eigenvalue weighted by Gasteiger charge is 2.44. The molecule has 1 aliphatic rings. The molecule has 0 aromatic rings. The zero-order valence-corrected chi connectivity index (χ0v) is 42.0. The average molecular weight is 892 g/mol. The zero-order valence-electron chi connectivity index (χ0n) is 42.0. The van der Waals surface area contributed by atoms with Gasteiger partial charge in [0.25, 0.3) is 0 Å². The lowest BCUT2D eigenvalue weighted by Gasteiger charge is -2.53. The second kappa shape index (κ2) is 37.8. The van der Waals surface area contributed by atoms with E-state index in [1.807, 2.05) is 0 Å². The van der Waals surface area contributed by atoms with Gasteiger partial charge in [0, 0.05) is 50.0 Å². The molecular formula is C53H97NO9. The second-order valence-electron chi connectivity index (χ2n) is 19.4. The van der Waals surface area contributed by atoms with Crippen molar-refractivity contribution in [2.75, 3.05) is 40.1 Å². The number of rotatable bonds is 40. The summed E-state index contributed by atoms with van der Waals surface area (Å²) >= 11 is 0. The molecule has 0 N–H and O–H groups in total. The van der Waals surface area contributed by atoms with Crippen molar-refractivity contribution in [2.24, 2.45) is 5.92 Å². The molecule has 1 rings (SSSR count). The van der Waals surface area contributed by atoms with Crippen molar-refractivity contribution in [1.29, 1.82) is 0 Å². The van der Waals surface area contributed by atoms with Crippen LogP contribution in [-0.2, 0) is 38.0 Å². The van der Waals surface area contributed by atoms with Gasteiger partial charge < -0.3 is 28.4 Å². The molecule has 1 fully saturated rings. The van der Waals surface area contributed by atoms with Gasteiger partial charge in [0.05, 0.1) is 12.3 Å².